The summed E-state index contributed by atoms with van der Waals surface area (Å²) in [5.74, 6) is 0. The van der Waals surface area contributed by atoms with Gasteiger partial charge in [-0.15, -0.1) is 0 Å². The molecule has 29 heavy (non-hydrogen) atoms. The molecule has 4 aromatic rings. The third kappa shape index (κ3) is 3.48. The number of benzene rings is 3. The number of rotatable bonds is 3. The van der Waals surface area contributed by atoms with Crippen LogP contribution in [0, 0.1) is 18.3 Å². The van der Waals surface area contributed by atoms with Crippen molar-refractivity contribution in [2.45, 2.75) is 11.8 Å². The Hall–Kier alpha value is -3.56. The van der Waals surface area contributed by atoms with E-state index in [1.807, 2.05) is 36.4 Å². The van der Waals surface area contributed by atoms with Gasteiger partial charge in [-0.05, 0) is 36.2 Å². The first-order valence-corrected chi connectivity index (χ1v) is 10.8. The molecular formula is C23H17N3O2S. The van der Waals surface area contributed by atoms with Gasteiger partial charge in [-0.2, -0.15) is 5.26 Å². The molecule has 6 heteroatoms. The van der Waals surface area contributed by atoms with Crippen molar-refractivity contribution in [2.75, 3.05) is 6.26 Å². The van der Waals surface area contributed by atoms with Crippen LogP contribution in [0.25, 0.3) is 33.4 Å². The molecule has 0 unspecified atom stereocenters. The summed E-state index contributed by atoms with van der Waals surface area (Å²) in [5.41, 5.74) is 4.81. The monoisotopic (exact) mass is 399 g/mol. The highest BCUT2D eigenvalue weighted by molar-refractivity contribution is 7.90. The number of nitrogens with zero attached hydrogens (tertiary/aromatic N) is 3. The molecule has 5 nitrogen and oxygen atoms in total. The van der Waals surface area contributed by atoms with E-state index in [0.717, 1.165) is 11.1 Å². The summed E-state index contributed by atoms with van der Waals surface area (Å²) in [6, 6.07) is 22.3. The Labute approximate surface area is 169 Å². The van der Waals surface area contributed by atoms with Crippen molar-refractivity contribution in [2.24, 2.45) is 0 Å². The van der Waals surface area contributed by atoms with Gasteiger partial charge in [0.25, 0.3) is 0 Å². The van der Waals surface area contributed by atoms with Crippen LogP contribution in [0.1, 0.15) is 11.3 Å². The van der Waals surface area contributed by atoms with Crippen molar-refractivity contribution in [3.63, 3.8) is 0 Å². The number of hydrogen-bond donors (Lipinski definition) is 0. The molecule has 0 bridgehead atoms. The molecule has 0 aliphatic rings. The van der Waals surface area contributed by atoms with Crippen LogP contribution < -0.4 is 0 Å². The minimum absolute atomic E-state index is 0.201. The number of fused-ring (bicyclic) bond motifs is 1. The second-order valence-corrected chi connectivity index (χ2v) is 8.78. The van der Waals surface area contributed by atoms with Crippen molar-refractivity contribution in [1.29, 1.82) is 5.26 Å². The van der Waals surface area contributed by atoms with E-state index in [2.05, 4.69) is 16.0 Å². The third-order valence-corrected chi connectivity index (χ3v) is 5.87. The summed E-state index contributed by atoms with van der Waals surface area (Å²) in [6.45, 7) is 1.77. The first kappa shape index (κ1) is 18.8. The summed E-state index contributed by atoms with van der Waals surface area (Å²) in [7, 11) is -3.52. The predicted octanol–water partition coefficient (Wildman–Crippen LogP) is 4.55. The molecular weight excluding hydrogens is 382 g/mol. The molecule has 0 fully saturated rings. The first-order chi connectivity index (χ1) is 13.9. The SMILES string of the molecule is Cc1nc2c(C#N)cccc2nc1-c1ccc(-c2ccccc2)cc1S(C)(=O)=O. The van der Waals surface area contributed by atoms with Crippen LogP contribution in [-0.4, -0.2) is 24.6 Å². The third-order valence-electron chi connectivity index (χ3n) is 4.73. The van der Waals surface area contributed by atoms with Crippen LogP contribution in [-0.2, 0) is 9.84 Å². The second kappa shape index (κ2) is 7.12. The van der Waals surface area contributed by atoms with Crippen LogP contribution >= 0.6 is 0 Å². The van der Waals surface area contributed by atoms with E-state index in [1.165, 1.54) is 6.26 Å². The molecule has 0 spiro atoms. The summed E-state index contributed by atoms with van der Waals surface area (Å²) >= 11 is 0. The molecule has 3 aromatic carbocycles. The Morgan fingerprint density at radius 1 is 0.897 bits per heavy atom. The molecule has 142 valence electrons. The minimum Gasteiger partial charge on any atom is -0.248 e. The smallest absolute Gasteiger partial charge is 0.176 e. The molecule has 0 aliphatic heterocycles. The summed E-state index contributed by atoms with van der Waals surface area (Å²) in [5, 5.41) is 9.31. The molecule has 1 aromatic heterocycles. The number of nitriles is 1. The van der Waals surface area contributed by atoms with E-state index < -0.39 is 9.84 Å². The van der Waals surface area contributed by atoms with Crippen LogP contribution in [0.4, 0.5) is 0 Å². The Balaban J connectivity index is 1.98. The molecule has 0 atom stereocenters. The number of aromatic nitrogens is 2. The van der Waals surface area contributed by atoms with Crippen LogP contribution in [0.15, 0.2) is 71.6 Å². The molecule has 0 radical (unpaired) electrons. The minimum atomic E-state index is -3.52. The van der Waals surface area contributed by atoms with E-state index >= 15 is 0 Å². The Bertz CT molecular complexity index is 1390. The van der Waals surface area contributed by atoms with Gasteiger partial charge in [0.05, 0.1) is 27.4 Å². The lowest BCUT2D eigenvalue weighted by atomic mass is 10.0. The standard InChI is InChI=1S/C23H17N3O2S/c1-15-22(26-20-10-6-9-18(14-24)23(20)25-15)19-12-11-17(13-21(19)29(2,27)28)16-7-4-3-5-8-16/h3-13H,1-2H3. The maximum atomic E-state index is 12.6. The number of para-hydroxylation sites is 1. The van der Waals surface area contributed by atoms with Gasteiger partial charge in [0.1, 0.15) is 11.6 Å². The summed E-state index contributed by atoms with van der Waals surface area (Å²) in [4.78, 5) is 9.40. The molecule has 0 saturated heterocycles. The molecule has 1 heterocycles. The molecule has 0 aliphatic carbocycles. The highest BCUT2D eigenvalue weighted by Crippen LogP contribution is 2.33. The zero-order chi connectivity index (χ0) is 20.6. The Kier molecular flexibility index (Phi) is 4.61. The fraction of sp³-hybridized carbons (Fsp3) is 0.0870. The number of hydrogen-bond acceptors (Lipinski definition) is 5. The van der Waals surface area contributed by atoms with E-state index in [9.17, 15) is 13.7 Å². The average Bonchev–Trinajstić information content (AvgIpc) is 2.72. The maximum absolute atomic E-state index is 12.6. The quantitative estimate of drug-likeness (QED) is 0.505. The number of sulfone groups is 1. The van der Waals surface area contributed by atoms with Crippen molar-refractivity contribution in [3.8, 4) is 28.5 Å². The lowest BCUT2D eigenvalue weighted by Gasteiger charge is -2.13. The molecule has 0 N–H and O–H groups in total. The van der Waals surface area contributed by atoms with Gasteiger partial charge < -0.3 is 0 Å². The Morgan fingerprint density at radius 3 is 2.34 bits per heavy atom. The van der Waals surface area contributed by atoms with E-state index in [1.54, 1.807) is 37.3 Å². The van der Waals surface area contributed by atoms with Crippen molar-refractivity contribution >= 4 is 20.9 Å². The van der Waals surface area contributed by atoms with E-state index in [4.69, 9.17) is 0 Å². The largest absolute Gasteiger partial charge is 0.248 e. The predicted molar refractivity (Wildman–Crippen MR) is 113 cm³/mol. The van der Waals surface area contributed by atoms with Gasteiger partial charge in [-0.3, -0.25) is 0 Å². The van der Waals surface area contributed by atoms with Crippen LogP contribution in [0.3, 0.4) is 0 Å². The van der Waals surface area contributed by atoms with Crippen LogP contribution in [0.5, 0.6) is 0 Å². The van der Waals surface area contributed by atoms with Gasteiger partial charge in [-0.25, -0.2) is 18.4 Å². The molecule has 0 saturated carbocycles. The highest BCUT2D eigenvalue weighted by Gasteiger charge is 2.20. The summed E-state index contributed by atoms with van der Waals surface area (Å²) < 4.78 is 25.2. The topological polar surface area (TPSA) is 83.7 Å². The summed E-state index contributed by atoms with van der Waals surface area (Å²) in [6.07, 6.45) is 1.19. The van der Waals surface area contributed by atoms with Gasteiger partial charge in [0.2, 0.25) is 0 Å². The van der Waals surface area contributed by atoms with Crippen molar-refractivity contribution in [3.05, 3.63) is 78.0 Å². The lowest BCUT2D eigenvalue weighted by molar-refractivity contribution is 0.602. The highest BCUT2D eigenvalue weighted by atomic mass is 32.2. The van der Waals surface area contributed by atoms with Crippen LogP contribution in [0.2, 0.25) is 0 Å². The van der Waals surface area contributed by atoms with Gasteiger partial charge in [-0.1, -0.05) is 48.5 Å². The lowest BCUT2D eigenvalue weighted by Crippen LogP contribution is -2.04. The van der Waals surface area contributed by atoms with Gasteiger partial charge >= 0.3 is 0 Å². The fourth-order valence-corrected chi connectivity index (χ4v) is 4.25. The normalized spacial score (nSPS) is 11.3. The van der Waals surface area contributed by atoms with E-state index in [-0.39, 0.29) is 4.90 Å². The van der Waals surface area contributed by atoms with Crippen molar-refractivity contribution < 1.29 is 8.42 Å². The van der Waals surface area contributed by atoms with Gasteiger partial charge in [0, 0.05) is 11.8 Å². The maximum Gasteiger partial charge on any atom is 0.176 e. The van der Waals surface area contributed by atoms with Crippen molar-refractivity contribution in [1.82, 2.24) is 9.97 Å². The van der Waals surface area contributed by atoms with E-state index in [0.29, 0.717) is 33.5 Å². The zero-order valence-electron chi connectivity index (χ0n) is 15.9. The second-order valence-electron chi connectivity index (χ2n) is 6.79. The zero-order valence-corrected chi connectivity index (χ0v) is 16.7. The molecule has 0 amide bonds. The first-order valence-electron chi connectivity index (χ1n) is 8.96. The number of aryl methyl sites for hydroxylation is 1. The average molecular weight is 399 g/mol. The molecule has 4 rings (SSSR count). The fourth-order valence-electron chi connectivity index (χ4n) is 3.34. The Morgan fingerprint density at radius 2 is 1.66 bits per heavy atom. The van der Waals surface area contributed by atoms with Gasteiger partial charge in [0.15, 0.2) is 9.84 Å².